The summed E-state index contributed by atoms with van der Waals surface area (Å²) in [5.41, 5.74) is 3.12. The largest absolute Gasteiger partial charge is 0.436 e. The van der Waals surface area contributed by atoms with Crippen molar-refractivity contribution in [2.45, 2.75) is 46.2 Å². The van der Waals surface area contributed by atoms with Crippen LogP contribution in [0.15, 0.2) is 65.7 Å². The van der Waals surface area contributed by atoms with Gasteiger partial charge < -0.3 is 10.1 Å². The summed E-state index contributed by atoms with van der Waals surface area (Å²) in [6, 6.07) is 15.8. The van der Waals surface area contributed by atoms with Gasteiger partial charge in [-0.05, 0) is 56.4 Å². The highest BCUT2D eigenvalue weighted by Gasteiger charge is 2.17. The minimum atomic E-state index is -0.426. The molecule has 1 amide bonds. The number of aromatic nitrogens is 4. The predicted octanol–water partition coefficient (Wildman–Crippen LogP) is 3.44. The van der Waals surface area contributed by atoms with E-state index in [0.717, 1.165) is 28.7 Å². The standard InChI is InChI=1S/C25H27N5O3/c1-17-8-7-11-21(19(17)3)33-24-23-28-30(25(32)29(23)15-14-26-24)16-22(31)27-18(2)12-13-20-9-5-4-6-10-20/h4-11,14-15,18H,12-13,16H2,1-3H3,(H,27,31)/t18-/m0/s1. The van der Waals surface area contributed by atoms with Crippen LogP contribution in [-0.4, -0.2) is 31.1 Å². The van der Waals surface area contributed by atoms with Crippen molar-refractivity contribution in [2.24, 2.45) is 0 Å². The third-order valence-corrected chi connectivity index (χ3v) is 5.64. The first-order valence-electron chi connectivity index (χ1n) is 10.9. The zero-order valence-corrected chi connectivity index (χ0v) is 19.0. The molecule has 0 fully saturated rings. The molecule has 0 spiro atoms. The zero-order valence-electron chi connectivity index (χ0n) is 19.0. The van der Waals surface area contributed by atoms with Gasteiger partial charge in [-0.25, -0.2) is 18.9 Å². The summed E-state index contributed by atoms with van der Waals surface area (Å²) in [7, 11) is 0. The number of carbonyl (C=O) groups excluding carboxylic acids is 1. The van der Waals surface area contributed by atoms with Crippen LogP contribution in [0.5, 0.6) is 11.6 Å². The molecule has 2 heterocycles. The molecule has 8 heteroatoms. The van der Waals surface area contributed by atoms with Gasteiger partial charge in [0.1, 0.15) is 12.3 Å². The van der Waals surface area contributed by atoms with Crippen LogP contribution in [0.2, 0.25) is 0 Å². The molecule has 0 bridgehead atoms. The van der Waals surface area contributed by atoms with Crippen molar-refractivity contribution in [3.63, 3.8) is 0 Å². The number of benzene rings is 2. The van der Waals surface area contributed by atoms with Crippen LogP contribution >= 0.6 is 0 Å². The Hall–Kier alpha value is -3.94. The van der Waals surface area contributed by atoms with Crippen LogP contribution < -0.4 is 15.7 Å². The summed E-state index contributed by atoms with van der Waals surface area (Å²) in [4.78, 5) is 29.6. The van der Waals surface area contributed by atoms with Crippen LogP contribution in [0.1, 0.15) is 30.0 Å². The lowest BCUT2D eigenvalue weighted by Crippen LogP contribution is -2.37. The molecule has 4 aromatic rings. The van der Waals surface area contributed by atoms with Gasteiger partial charge in [0.25, 0.3) is 5.88 Å². The van der Waals surface area contributed by atoms with E-state index < -0.39 is 5.69 Å². The first-order chi connectivity index (χ1) is 15.9. The highest BCUT2D eigenvalue weighted by Crippen LogP contribution is 2.27. The van der Waals surface area contributed by atoms with Crippen molar-refractivity contribution in [1.29, 1.82) is 0 Å². The molecule has 0 aliphatic carbocycles. The fraction of sp³-hybridized carbons (Fsp3) is 0.280. The summed E-state index contributed by atoms with van der Waals surface area (Å²) < 4.78 is 8.43. The van der Waals surface area contributed by atoms with Gasteiger partial charge >= 0.3 is 5.69 Å². The smallest absolute Gasteiger partial charge is 0.351 e. The van der Waals surface area contributed by atoms with Crippen LogP contribution in [-0.2, 0) is 17.8 Å². The fourth-order valence-electron chi connectivity index (χ4n) is 3.60. The van der Waals surface area contributed by atoms with Crippen LogP contribution in [0, 0.1) is 13.8 Å². The van der Waals surface area contributed by atoms with E-state index >= 15 is 0 Å². The Balaban J connectivity index is 1.46. The van der Waals surface area contributed by atoms with Gasteiger partial charge in [0.05, 0.1) is 0 Å². The number of carbonyl (C=O) groups is 1. The van der Waals surface area contributed by atoms with Crippen molar-refractivity contribution in [1.82, 2.24) is 24.5 Å². The highest BCUT2D eigenvalue weighted by atomic mass is 16.5. The minimum absolute atomic E-state index is 0.0321. The Morgan fingerprint density at radius 1 is 1.12 bits per heavy atom. The van der Waals surface area contributed by atoms with Crippen molar-refractivity contribution in [3.05, 3.63) is 88.1 Å². The Morgan fingerprint density at radius 3 is 2.70 bits per heavy atom. The summed E-state index contributed by atoms with van der Waals surface area (Å²) in [5.74, 6) is 0.576. The van der Waals surface area contributed by atoms with E-state index in [9.17, 15) is 9.59 Å². The van der Waals surface area contributed by atoms with Crippen LogP contribution in [0.3, 0.4) is 0 Å². The molecule has 1 atom stereocenters. The van der Waals surface area contributed by atoms with E-state index in [1.54, 1.807) is 0 Å². The maximum Gasteiger partial charge on any atom is 0.351 e. The van der Waals surface area contributed by atoms with Crippen molar-refractivity contribution in [3.8, 4) is 11.6 Å². The number of amides is 1. The number of nitrogens with one attached hydrogen (secondary N) is 1. The number of nitrogens with zero attached hydrogens (tertiary/aromatic N) is 4. The van der Waals surface area contributed by atoms with Gasteiger partial charge in [0.15, 0.2) is 0 Å². The van der Waals surface area contributed by atoms with E-state index in [-0.39, 0.29) is 30.0 Å². The third kappa shape index (κ3) is 5.11. The van der Waals surface area contributed by atoms with Crippen LogP contribution in [0.4, 0.5) is 0 Å². The molecule has 33 heavy (non-hydrogen) atoms. The molecule has 1 N–H and O–H groups in total. The lowest BCUT2D eigenvalue weighted by atomic mass is 10.1. The van der Waals surface area contributed by atoms with Gasteiger partial charge in [-0.1, -0.05) is 42.5 Å². The van der Waals surface area contributed by atoms with Crippen molar-refractivity contribution < 1.29 is 9.53 Å². The second kappa shape index (κ2) is 9.68. The first-order valence-corrected chi connectivity index (χ1v) is 10.9. The normalized spacial score (nSPS) is 12.0. The number of fused-ring (bicyclic) bond motifs is 1. The predicted molar refractivity (Wildman–Crippen MR) is 126 cm³/mol. The lowest BCUT2D eigenvalue weighted by molar-refractivity contribution is -0.122. The number of hydrogen-bond acceptors (Lipinski definition) is 5. The number of rotatable bonds is 8. The van der Waals surface area contributed by atoms with E-state index in [0.29, 0.717) is 5.75 Å². The molecule has 0 saturated heterocycles. The van der Waals surface area contributed by atoms with Gasteiger partial charge in [0, 0.05) is 18.4 Å². The maximum atomic E-state index is 12.8. The first kappa shape index (κ1) is 22.3. The van der Waals surface area contributed by atoms with Gasteiger partial charge in [-0.2, -0.15) is 0 Å². The average Bonchev–Trinajstić information content (AvgIpc) is 3.12. The summed E-state index contributed by atoms with van der Waals surface area (Å²) in [5, 5.41) is 7.26. The molecular formula is C25H27N5O3. The molecule has 0 aliphatic rings. The zero-order chi connectivity index (χ0) is 23.4. The van der Waals surface area contributed by atoms with Crippen molar-refractivity contribution in [2.75, 3.05) is 0 Å². The summed E-state index contributed by atoms with van der Waals surface area (Å²) in [6.07, 6.45) is 4.65. The molecule has 170 valence electrons. The minimum Gasteiger partial charge on any atom is -0.436 e. The molecule has 8 nitrogen and oxygen atoms in total. The monoisotopic (exact) mass is 445 g/mol. The third-order valence-electron chi connectivity index (χ3n) is 5.64. The average molecular weight is 446 g/mol. The van der Waals surface area contributed by atoms with Crippen LogP contribution in [0.25, 0.3) is 5.65 Å². The molecule has 0 radical (unpaired) electrons. The molecule has 0 unspecified atom stereocenters. The number of ether oxygens (including phenoxy) is 1. The molecule has 4 rings (SSSR count). The quantitative estimate of drug-likeness (QED) is 0.449. The Labute approximate surface area is 191 Å². The second-order valence-corrected chi connectivity index (χ2v) is 8.16. The molecule has 2 aromatic carbocycles. The van der Waals surface area contributed by atoms with E-state index in [1.165, 1.54) is 22.4 Å². The Morgan fingerprint density at radius 2 is 1.91 bits per heavy atom. The Bertz CT molecular complexity index is 1330. The molecular weight excluding hydrogens is 418 g/mol. The Kier molecular flexibility index (Phi) is 6.53. The molecule has 0 aliphatic heterocycles. The number of hydrogen-bond donors (Lipinski definition) is 1. The SMILES string of the molecule is Cc1cccc(Oc2nccn3c(=O)n(CC(=O)N[C@@H](C)CCc4ccccc4)nc23)c1C. The molecule has 2 aromatic heterocycles. The van der Waals surface area contributed by atoms with Gasteiger partial charge in [-0.3, -0.25) is 4.79 Å². The second-order valence-electron chi connectivity index (χ2n) is 8.16. The van der Waals surface area contributed by atoms with E-state index in [1.807, 2.05) is 57.2 Å². The van der Waals surface area contributed by atoms with Gasteiger partial charge in [0.2, 0.25) is 11.6 Å². The van der Waals surface area contributed by atoms with E-state index in [4.69, 9.17) is 4.74 Å². The summed E-state index contributed by atoms with van der Waals surface area (Å²) >= 11 is 0. The van der Waals surface area contributed by atoms with Crippen molar-refractivity contribution >= 4 is 11.6 Å². The van der Waals surface area contributed by atoms with E-state index in [2.05, 4.69) is 27.5 Å². The summed E-state index contributed by atoms with van der Waals surface area (Å²) in [6.45, 7) is 5.72. The number of aryl methyl sites for hydroxylation is 2. The highest BCUT2D eigenvalue weighted by molar-refractivity contribution is 5.76. The van der Waals surface area contributed by atoms with Gasteiger partial charge in [-0.15, -0.1) is 5.10 Å². The maximum absolute atomic E-state index is 12.8. The lowest BCUT2D eigenvalue weighted by Gasteiger charge is -2.13. The topological polar surface area (TPSA) is 90.5 Å². The fourth-order valence-corrected chi connectivity index (χ4v) is 3.60. The molecule has 0 saturated carbocycles.